The van der Waals surface area contributed by atoms with Gasteiger partial charge in [-0.1, -0.05) is 49.4 Å². The molecule has 5 N–H and O–H groups in total. The summed E-state index contributed by atoms with van der Waals surface area (Å²) in [4.78, 5) is 45.0. The Bertz CT molecular complexity index is 2040. The Balaban J connectivity index is 1.31. The maximum atomic E-state index is 13.3. The fourth-order valence-corrected chi connectivity index (χ4v) is 5.97. The van der Waals surface area contributed by atoms with Crippen molar-refractivity contribution in [2.45, 2.75) is 63.2 Å². The quantitative estimate of drug-likeness (QED) is 0.118. The standard InChI is InChI=1S/C34H33F3N10O4/c1-2-26(48)44-24-13-25(29(28(24)49)51-32(50)34(35,36)37)47-18-43-27-30(45-33(46-31(27)47)40-12-11-22-16-39-17-42-22)41-15-19-7-9-20(10-8-19)23-6-4-3-5-21(23)14-38/h3-10,16-18,24-25,28-29,49H,2,11-13,15H2,1H3,(H,39,42)(H,44,48)(H2,40,41,45,46)/t24-,25+,28+,29-/m0/s1. The molecular weight excluding hydrogens is 669 g/mol. The van der Waals surface area contributed by atoms with Crippen molar-refractivity contribution in [2.75, 3.05) is 17.2 Å². The fraction of sp³-hybridized carbons (Fsp3) is 0.324. The number of imidazole rings is 2. The summed E-state index contributed by atoms with van der Waals surface area (Å²) in [6.07, 6.45) is -3.50. The minimum atomic E-state index is -5.31. The molecule has 1 aliphatic rings. The molecule has 0 saturated heterocycles. The van der Waals surface area contributed by atoms with Crippen LogP contribution in [-0.4, -0.2) is 77.4 Å². The molecule has 1 amide bonds. The summed E-state index contributed by atoms with van der Waals surface area (Å²) in [7, 11) is 0. The zero-order chi connectivity index (χ0) is 36.1. The van der Waals surface area contributed by atoms with Gasteiger partial charge in [-0.15, -0.1) is 0 Å². The van der Waals surface area contributed by atoms with E-state index in [1.165, 1.54) is 10.9 Å². The van der Waals surface area contributed by atoms with Gasteiger partial charge in [0, 0.05) is 32.1 Å². The maximum absolute atomic E-state index is 13.3. The van der Waals surface area contributed by atoms with Crippen LogP contribution in [0.4, 0.5) is 24.9 Å². The number of carbonyl (C=O) groups excluding carboxylic acids is 2. The molecule has 2 aromatic carbocycles. The smallest absolute Gasteiger partial charge is 0.451 e. The molecule has 3 aromatic heterocycles. The topological polar surface area (TPSA) is 196 Å². The van der Waals surface area contributed by atoms with Crippen molar-refractivity contribution in [2.24, 2.45) is 0 Å². The van der Waals surface area contributed by atoms with Crippen molar-refractivity contribution in [3.05, 3.63) is 84.2 Å². The number of aliphatic hydroxyl groups is 1. The predicted molar refractivity (Wildman–Crippen MR) is 178 cm³/mol. The van der Waals surface area contributed by atoms with Crippen molar-refractivity contribution >= 4 is 34.8 Å². The average Bonchev–Trinajstić information content (AvgIpc) is 3.87. The summed E-state index contributed by atoms with van der Waals surface area (Å²) < 4.78 is 46.2. The zero-order valence-corrected chi connectivity index (χ0v) is 27.2. The molecule has 1 aliphatic carbocycles. The van der Waals surface area contributed by atoms with Gasteiger partial charge in [-0.05, 0) is 29.2 Å². The van der Waals surface area contributed by atoms with E-state index in [-0.39, 0.29) is 30.0 Å². The van der Waals surface area contributed by atoms with Crippen LogP contribution < -0.4 is 16.0 Å². The molecule has 51 heavy (non-hydrogen) atoms. The third-order valence-electron chi connectivity index (χ3n) is 8.54. The van der Waals surface area contributed by atoms with E-state index in [0.29, 0.717) is 30.9 Å². The number of esters is 1. The van der Waals surface area contributed by atoms with Gasteiger partial charge in [0.15, 0.2) is 23.1 Å². The third kappa shape index (κ3) is 7.75. The van der Waals surface area contributed by atoms with Gasteiger partial charge in [0.05, 0.1) is 42.1 Å². The Kier molecular flexibility index (Phi) is 10.1. The molecule has 4 atom stereocenters. The highest BCUT2D eigenvalue weighted by atomic mass is 19.4. The molecule has 3 heterocycles. The lowest BCUT2D eigenvalue weighted by atomic mass is 9.99. The number of fused-ring (bicyclic) bond motifs is 1. The number of nitriles is 1. The number of hydrogen-bond donors (Lipinski definition) is 5. The van der Waals surface area contributed by atoms with Crippen molar-refractivity contribution < 1.29 is 32.6 Å². The number of anilines is 2. The van der Waals surface area contributed by atoms with Gasteiger partial charge in [-0.3, -0.25) is 4.79 Å². The molecule has 0 radical (unpaired) electrons. The SMILES string of the molecule is CCC(=O)N[C@H]1C[C@@H](n2cnc3c(NCc4ccc(-c5ccccc5C#N)cc4)nc(NCCc4c[nH]cn4)nc32)[C@H](OC(=O)C(F)(F)F)[C@@H]1O. The lowest BCUT2D eigenvalue weighted by Gasteiger charge is -2.24. The summed E-state index contributed by atoms with van der Waals surface area (Å²) in [5, 5.41) is 29.5. The molecule has 264 valence electrons. The van der Waals surface area contributed by atoms with Crippen LogP contribution in [0, 0.1) is 11.3 Å². The van der Waals surface area contributed by atoms with Gasteiger partial charge in [0.25, 0.3) is 0 Å². The number of alkyl halides is 3. The number of benzene rings is 2. The monoisotopic (exact) mass is 702 g/mol. The van der Waals surface area contributed by atoms with Crippen LogP contribution in [0.25, 0.3) is 22.3 Å². The number of amides is 1. The number of aliphatic hydroxyl groups excluding tert-OH is 1. The lowest BCUT2D eigenvalue weighted by molar-refractivity contribution is -0.209. The van der Waals surface area contributed by atoms with Crippen molar-refractivity contribution in [1.82, 2.24) is 34.8 Å². The molecule has 0 bridgehead atoms. The molecule has 0 unspecified atom stereocenters. The van der Waals surface area contributed by atoms with E-state index < -0.39 is 42.3 Å². The summed E-state index contributed by atoms with van der Waals surface area (Å²) >= 11 is 0. The minimum absolute atomic E-state index is 0.0698. The first-order valence-corrected chi connectivity index (χ1v) is 16.1. The van der Waals surface area contributed by atoms with Crippen molar-refractivity contribution in [3.63, 3.8) is 0 Å². The molecule has 1 saturated carbocycles. The van der Waals surface area contributed by atoms with Crippen LogP contribution in [0.1, 0.15) is 42.6 Å². The molecular formula is C34H33F3N10O4. The van der Waals surface area contributed by atoms with Gasteiger partial charge in [-0.25, -0.2) is 14.8 Å². The van der Waals surface area contributed by atoms with Crippen LogP contribution in [0.3, 0.4) is 0 Å². The van der Waals surface area contributed by atoms with Gasteiger partial charge in [-0.2, -0.15) is 28.4 Å². The molecule has 0 aliphatic heterocycles. The Hall–Kier alpha value is -6.02. The highest BCUT2D eigenvalue weighted by Crippen LogP contribution is 2.37. The number of aromatic nitrogens is 6. The van der Waals surface area contributed by atoms with Crippen molar-refractivity contribution in [3.8, 4) is 17.2 Å². The molecule has 14 nitrogen and oxygen atoms in total. The highest BCUT2D eigenvalue weighted by Gasteiger charge is 2.51. The Morgan fingerprint density at radius 2 is 1.90 bits per heavy atom. The van der Waals surface area contributed by atoms with E-state index >= 15 is 0 Å². The van der Waals surface area contributed by atoms with E-state index in [4.69, 9.17) is 4.74 Å². The number of nitrogens with zero attached hydrogens (tertiary/aromatic N) is 6. The van der Waals surface area contributed by atoms with E-state index in [9.17, 15) is 33.1 Å². The first-order chi connectivity index (χ1) is 24.5. The first kappa shape index (κ1) is 34.8. The number of halogens is 3. The van der Waals surface area contributed by atoms with Crippen LogP contribution in [-0.2, 0) is 27.3 Å². The second-order valence-electron chi connectivity index (χ2n) is 11.9. The van der Waals surface area contributed by atoms with E-state index in [0.717, 1.165) is 22.4 Å². The summed E-state index contributed by atoms with van der Waals surface area (Å²) in [5.41, 5.74) is 4.35. The Morgan fingerprint density at radius 1 is 1.12 bits per heavy atom. The van der Waals surface area contributed by atoms with Crippen LogP contribution in [0.15, 0.2) is 67.4 Å². The number of aromatic amines is 1. The number of rotatable bonds is 12. The van der Waals surface area contributed by atoms with Crippen molar-refractivity contribution in [1.29, 1.82) is 5.26 Å². The Labute approximate surface area is 289 Å². The van der Waals surface area contributed by atoms with Gasteiger partial charge in [0.2, 0.25) is 11.9 Å². The van der Waals surface area contributed by atoms with E-state index in [2.05, 4.69) is 46.9 Å². The molecule has 17 heteroatoms. The predicted octanol–water partition coefficient (Wildman–Crippen LogP) is 4.03. The van der Waals surface area contributed by atoms with E-state index in [1.54, 1.807) is 31.6 Å². The number of ether oxygens (including phenoxy) is 1. The summed E-state index contributed by atoms with van der Waals surface area (Å²) in [6.45, 7) is 2.27. The fourth-order valence-electron chi connectivity index (χ4n) is 5.97. The second kappa shape index (κ2) is 14.8. The zero-order valence-electron chi connectivity index (χ0n) is 27.2. The number of H-pyrrole nitrogens is 1. The van der Waals surface area contributed by atoms with Gasteiger partial charge < -0.3 is 35.3 Å². The number of nitrogens with one attached hydrogen (secondary N) is 4. The van der Waals surface area contributed by atoms with Gasteiger partial charge in [0.1, 0.15) is 6.10 Å². The molecule has 5 aromatic rings. The first-order valence-electron chi connectivity index (χ1n) is 16.1. The molecule has 6 rings (SSSR count). The second-order valence-corrected chi connectivity index (χ2v) is 11.9. The normalized spacial score (nSPS) is 18.7. The third-order valence-corrected chi connectivity index (χ3v) is 8.54. The van der Waals surface area contributed by atoms with Gasteiger partial charge >= 0.3 is 12.1 Å². The molecule has 0 spiro atoms. The summed E-state index contributed by atoms with van der Waals surface area (Å²) in [5.74, 6) is -2.43. The lowest BCUT2D eigenvalue weighted by Crippen LogP contribution is -2.45. The summed E-state index contributed by atoms with van der Waals surface area (Å²) in [6, 6.07) is 15.0. The minimum Gasteiger partial charge on any atom is -0.451 e. The maximum Gasteiger partial charge on any atom is 0.490 e. The number of hydrogen-bond acceptors (Lipinski definition) is 11. The average molecular weight is 703 g/mol. The van der Waals surface area contributed by atoms with E-state index in [1.807, 2.05) is 36.4 Å². The van der Waals surface area contributed by atoms with Crippen LogP contribution >= 0.6 is 0 Å². The highest BCUT2D eigenvalue weighted by molar-refractivity contribution is 5.84. The number of carbonyl (C=O) groups is 2. The van der Waals surface area contributed by atoms with Crippen LogP contribution in [0.5, 0.6) is 0 Å². The largest absolute Gasteiger partial charge is 0.490 e. The molecule has 1 fully saturated rings. The Morgan fingerprint density at radius 3 is 2.61 bits per heavy atom. The van der Waals surface area contributed by atoms with Crippen LogP contribution in [0.2, 0.25) is 0 Å².